The van der Waals surface area contributed by atoms with E-state index in [2.05, 4.69) is 15.9 Å². The summed E-state index contributed by atoms with van der Waals surface area (Å²) < 4.78 is 20.7. The van der Waals surface area contributed by atoms with Crippen LogP contribution in [0.3, 0.4) is 0 Å². The Morgan fingerprint density at radius 2 is 1.86 bits per heavy atom. The van der Waals surface area contributed by atoms with Crippen molar-refractivity contribution in [3.8, 4) is 5.75 Å². The van der Waals surface area contributed by atoms with Gasteiger partial charge in [0, 0.05) is 15.6 Å². The van der Waals surface area contributed by atoms with Gasteiger partial charge in [0.1, 0.15) is 23.2 Å². The minimum absolute atomic E-state index is 0.157. The molecule has 0 unspecified atom stereocenters. The van der Waals surface area contributed by atoms with Crippen LogP contribution in [0.4, 0.5) is 4.39 Å². The summed E-state index contributed by atoms with van der Waals surface area (Å²) in [5.74, 6) is 0.344. The van der Waals surface area contributed by atoms with Crippen molar-refractivity contribution in [2.45, 2.75) is 20.5 Å². The lowest BCUT2D eigenvalue weighted by Crippen LogP contribution is -2.10. The molecule has 0 fully saturated rings. The van der Waals surface area contributed by atoms with E-state index in [4.69, 9.17) is 22.7 Å². The fourth-order valence-electron chi connectivity index (χ4n) is 1.97. The largest absolute Gasteiger partial charge is 0.489 e. The average molecular weight is 368 g/mol. The van der Waals surface area contributed by atoms with Crippen molar-refractivity contribution in [3.63, 3.8) is 0 Å². The van der Waals surface area contributed by atoms with Crippen LogP contribution in [0.2, 0.25) is 0 Å². The third-order valence-electron chi connectivity index (χ3n) is 3.14. The summed E-state index contributed by atoms with van der Waals surface area (Å²) >= 11 is 8.33. The van der Waals surface area contributed by atoms with Crippen molar-refractivity contribution < 1.29 is 9.13 Å². The van der Waals surface area contributed by atoms with Crippen LogP contribution >= 0.6 is 28.1 Å². The Hall–Kier alpha value is -1.46. The van der Waals surface area contributed by atoms with Crippen LogP contribution in [0.1, 0.15) is 22.3 Å². The number of nitrogens with two attached hydrogens (primary N) is 1. The fraction of sp³-hybridized carbons (Fsp3) is 0.188. The Bertz CT molecular complexity index is 680. The van der Waals surface area contributed by atoms with Crippen molar-refractivity contribution in [1.82, 2.24) is 0 Å². The first-order valence-electron chi connectivity index (χ1n) is 6.36. The molecular weight excluding hydrogens is 353 g/mol. The van der Waals surface area contributed by atoms with Gasteiger partial charge in [0.2, 0.25) is 0 Å². The molecule has 2 nitrogen and oxygen atoms in total. The number of rotatable bonds is 4. The molecule has 110 valence electrons. The Labute approximate surface area is 137 Å². The molecule has 0 bridgehead atoms. The molecule has 0 saturated heterocycles. The van der Waals surface area contributed by atoms with Gasteiger partial charge in [0.05, 0.1) is 0 Å². The van der Waals surface area contributed by atoms with Crippen molar-refractivity contribution in [3.05, 3.63) is 62.9 Å². The Kier molecular flexibility index (Phi) is 4.96. The predicted molar refractivity (Wildman–Crippen MR) is 90.2 cm³/mol. The molecule has 2 aromatic carbocycles. The number of halogens is 2. The molecule has 2 rings (SSSR count). The summed E-state index contributed by atoms with van der Waals surface area (Å²) in [5.41, 5.74) is 8.61. The second kappa shape index (κ2) is 6.54. The molecule has 0 aliphatic rings. The molecule has 0 aliphatic carbocycles. The number of thiocarbonyl (C=S) groups is 1. The standard InChI is InChI=1S/C16H15BrFNOS/c1-9-5-13(6-10(2)15(9)17)20-8-12-4-3-11(16(19)21)7-14(12)18/h3-7H,8H2,1-2H3,(H2,19,21). The van der Waals surface area contributed by atoms with E-state index in [0.717, 1.165) is 15.6 Å². The van der Waals surface area contributed by atoms with Gasteiger partial charge < -0.3 is 10.5 Å². The average Bonchev–Trinajstić information content (AvgIpc) is 2.43. The van der Waals surface area contributed by atoms with Gasteiger partial charge >= 0.3 is 0 Å². The third-order valence-corrected chi connectivity index (χ3v) is 4.63. The van der Waals surface area contributed by atoms with Crippen LogP contribution in [-0.4, -0.2) is 4.99 Å². The minimum Gasteiger partial charge on any atom is -0.489 e. The molecule has 0 aromatic heterocycles. The van der Waals surface area contributed by atoms with E-state index < -0.39 is 0 Å². The van der Waals surface area contributed by atoms with E-state index in [1.54, 1.807) is 12.1 Å². The molecule has 0 heterocycles. The van der Waals surface area contributed by atoms with Gasteiger partial charge in [-0.05, 0) is 43.2 Å². The molecule has 2 aromatic rings. The molecule has 0 spiro atoms. The Balaban J connectivity index is 2.15. The van der Waals surface area contributed by atoms with Crippen LogP contribution < -0.4 is 10.5 Å². The van der Waals surface area contributed by atoms with Gasteiger partial charge in [-0.1, -0.05) is 40.3 Å². The topological polar surface area (TPSA) is 35.2 Å². The lowest BCUT2D eigenvalue weighted by molar-refractivity contribution is 0.299. The third kappa shape index (κ3) is 3.80. The summed E-state index contributed by atoms with van der Waals surface area (Å²) in [6, 6.07) is 8.50. The van der Waals surface area contributed by atoms with Crippen LogP contribution in [0.15, 0.2) is 34.8 Å². The van der Waals surface area contributed by atoms with E-state index in [0.29, 0.717) is 16.9 Å². The molecule has 0 saturated carbocycles. The second-order valence-electron chi connectivity index (χ2n) is 4.83. The molecule has 0 atom stereocenters. The predicted octanol–water partition coefficient (Wildman–Crippen LogP) is 4.42. The molecule has 0 radical (unpaired) electrons. The highest BCUT2D eigenvalue weighted by atomic mass is 79.9. The van der Waals surface area contributed by atoms with Gasteiger partial charge in [0.25, 0.3) is 0 Å². The summed E-state index contributed by atoms with van der Waals surface area (Å²) in [4.78, 5) is 0.181. The summed E-state index contributed by atoms with van der Waals surface area (Å²) in [7, 11) is 0. The lowest BCUT2D eigenvalue weighted by Gasteiger charge is -2.11. The van der Waals surface area contributed by atoms with Crippen molar-refractivity contribution in [2.75, 3.05) is 0 Å². The lowest BCUT2D eigenvalue weighted by atomic mass is 10.1. The molecule has 0 aliphatic heterocycles. The normalized spacial score (nSPS) is 10.5. The zero-order valence-corrected chi connectivity index (χ0v) is 14.1. The van der Waals surface area contributed by atoms with Crippen molar-refractivity contribution >= 4 is 33.1 Å². The fourth-order valence-corrected chi connectivity index (χ4v) is 2.32. The second-order valence-corrected chi connectivity index (χ2v) is 6.06. The van der Waals surface area contributed by atoms with Crippen LogP contribution in [-0.2, 0) is 6.61 Å². The summed E-state index contributed by atoms with van der Waals surface area (Å²) in [6.45, 7) is 4.13. The highest BCUT2D eigenvalue weighted by Crippen LogP contribution is 2.27. The van der Waals surface area contributed by atoms with Crippen LogP contribution in [0.25, 0.3) is 0 Å². The van der Waals surface area contributed by atoms with E-state index in [-0.39, 0.29) is 17.4 Å². The van der Waals surface area contributed by atoms with Gasteiger partial charge in [-0.15, -0.1) is 0 Å². The van der Waals surface area contributed by atoms with Gasteiger partial charge in [-0.25, -0.2) is 4.39 Å². The number of hydrogen-bond acceptors (Lipinski definition) is 2. The number of benzene rings is 2. The van der Waals surface area contributed by atoms with Crippen molar-refractivity contribution in [2.24, 2.45) is 5.73 Å². The maximum Gasteiger partial charge on any atom is 0.130 e. The van der Waals surface area contributed by atoms with E-state index in [1.807, 2.05) is 26.0 Å². The minimum atomic E-state index is -0.370. The van der Waals surface area contributed by atoms with Gasteiger partial charge in [0.15, 0.2) is 0 Å². The van der Waals surface area contributed by atoms with Crippen molar-refractivity contribution in [1.29, 1.82) is 0 Å². The van der Waals surface area contributed by atoms with E-state index in [1.165, 1.54) is 6.07 Å². The monoisotopic (exact) mass is 367 g/mol. The smallest absolute Gasteiger partial charge is 0.130 e. The first-order chi connectivity index (χ1) is 9.88. The summed E-state index contributed by atoms with van der Waals surface area (Å²) in [6.07, 6.45) is 0. The first kappa shape index (κ1) is 15.9. The summed E-state index contributed by atoms with van der Waals surface area (Å²) in [5, 5.41) is 0. The molecule has 0 amide bonds. The van der Waals surface area contributed by atoms with Gasteiger partial charge in [-0.3, -0.25) is 0 Å². The Morgan fingerprint density at radius 3 is 2.38 bits per heavy atom. The molecule has 21 heavy (non-hydrogen) atoms. The first-order valence-corrected chi connectivity index (χ1v) is 7.56. The number of ether oxygens (including phenoxy) is 1. The SMILES string of the molecule is Cc1cc(OCc2ccc(C(N)=S)cc2F)cc(C)c1Br. The molecule has 5 heteroatoms. The molecular formula is C16H15BrFNOS. The highest BCUT2D eigenvalue weighted by Gasteiger charge is 2.08. The molecule has 2 N–H and O–H groups in total. The number of hydrogen-bond donors (Lipinski definition) is 1. The van der Waals surface area contributed by atoms with Crippen LogP contribution in [0.5, 0.6) is 5.75 Å². The van der Waals surface area contributed by atoms with Crippen LogP contribution in [0, 0.1) is 19.7 Å². The zero-order valence-electron chi connectivity index (χ0n) is 11.7. The quantitative estimate of drug-likeness (QED) is 0.812. The highest BCUT2D eigenvalue weighted by molar-refractivity contribution is 9.10. The maximum absolute atomic E-state index is 13.9. The zero-order chi connectivity index (χ0) is 15.6. The Morgan fingerprint density at radius 1 is 1.24 bits per heavy atom. The number of aryl methyl sites for hydroxylation is 2. The van der Waals surface area contributed by atoms with E-state index in [9.17, 15) is 4.39 Å². The van der Waals surface area contributed by atoms with Gasteiger partial charge in [-0.2, -0.15) is 0 Å². The maximum atomic E-state index is 13.9. The van der Waals surface area contributed by atoms with E-state index >= 15 is 0 Å².